The number of piperidine rings is 1. The van der Waals surface area contributed by atoms with Crippen LogP contribution in [0.2, 0.25) is 0 Å². The molecule has 2 saturated heterocycles. The number of H-pyrrole nitrogens is 1. The topological polar surface area (TPSA) is 73.5 Å². The number of aromatic amines is 1. The number of rotatable bonds is 6. The van der Waals surface area contributed by atoms with Crippen molar-refractivity contribution in [3.63, 3.8) is 0 Å². The number of aromatic nitrogens is 2. The molecular formula is C30H37F2N5O2. The monoisotopic (exact) mass is 537 g/mol. The van der Waals surface area contributed by atoms with Crippen LogP contribution in [0.3, 0.4) is 0 Å². The third-order valence-corrected chi connectivity index (χ3v) is 8.87. The number of nitrogens with one attached hydrogen (secondary N) is 2. The molecule has 0 radical (unpaired) electrons. The van der Waals surface area contributed by atoms with E-state index >= 15 is 0 Å². The van der Waals surface area contributed by atoms with Gasteiger partial charge in [0.1, 0.15) is 0 Å². The Labute approximate surface area is 227 Å². The third-order valence-electron chi connectivity index (χ3n) is 8.87. The van der Waals surface area contributed by atoms with Crippen molar-refractivity contribution >= 4 is 22.5 Å². The number of anilines is 1. The number of morpholine rings is 1. The highest BCUT2D eigenvalue weighted by Crippen LogP contribution is 2.38. The molecule has 1 amide bonds. The lowest BCUT2D eigenvalue weighted by Crippen LogP contribution is -2.59. The molecule has 2 N–H and O–H groups in total. The van der Waals surface area contributed by atoms with Gasteiger partial charge in [-0.15, -0.1) is 0 Å². The van der Waals surface area contributed by atoms with Gasteiger partial charge in [-0.1, -0.05) is 31.4 Å². The Bertz CT molecular complexity index is 1290. The number of hydrogen-bond donors (Lipinski definition) is 2. The Hall–Kier alpha value is -3.04. The van der Waals surface area contributed by atoms with E-state index in [-0.39, 0.29) is 24.3 Å². The molecule has 3 fully saturated rings. The quantitative estimate of drug-likeness (QED) is 0.451. The molecule has 2 aliphatic heterocycles. The molecule has 208 valence electrons. The van der Waals surface area contributed by atoms with Crippen molar-refractivity contribution < 1.29 is 18.3 Å². The first-order valence-corrected chi connectivity index (χ1v) is 14.2. The molecule has 9 heteroatoms. The Balaban J connectivity index is 1.18. The van der Waals surface area contributed by atoms with E-state index in [0.717, 1.165) is 86.3 Å². The second-order valence-corrected chi connectivity index (χ2v) is 11.3. The maximum absolute atomic E-state index is 13.9. The maximum Gasteiger partial charge on any atom is 0.251 e. The number of fused-ring (bicyclic) bond motifs is 1. The maximum atomic E-state index is 13.9. The lowest BCUT2D eigenvalue weighted by atomic mass is 9.79. The van der Waals surface area contributed by atoms with Crippen LogP contribution in [0.15, 0.2) is 42.5 Å². The summed E-state index contributed by atoms with van der Waals surface area (Å²) in [6.45, 7) is 4.51. The van der Waals surface area contributed by atoms with Gasteiger partial charge >= 0.3 is 0 Å². The summed E-state index contributed by atoms with van der Waals surface area (Å²) in [6, 6.07) is 14.0. The number of amides is 1. The molecule has 2 aromatic carbocycles. The molecule has 6 rings (SSSR count). The van der Waals surface area contributed by atoms with Crippen LogP contribution in [0.25, 0.3) is 22.2 Å². The zero-order valence-electron chi connectivity index (χ0n) is 22.4. The molecule has 1 aliphatic carbocycles. The van der Waals surface area contributed by atoms with E-state index in [0.29, 0.717) is 25.2 Å². The van der Waals surface area contributed by atoms with Gasteiger partial charge in [-0.2, -0.15) is 5.10 Å². The highest BCUT2D eigenvalue weighted by molar-refractivity contribution is 6.01. The fourth-order valence-electron chi connectivity index (χ4n) is 6.50. The lowest BCUT2D eigenvalue weighted by Gasteiger charge is -2.49. The predicted octanol–water partition coefficient (Wildman–Crippen LogP) is 5.23. The van der Waals surface area contributed by atoms with Gasteiger partial charge < -0.3 is 15.0 Å². The Kier molecular flexibility index (Phi) is 7.29. The Morgan fingerprint density at radius 3 is 2.38 bits per heavy atom. The highest BCUT2D eigenvalue weighted by atomic mass is 19.3. The minimum atomic E-state index is -2.57. The molecule has 1 saturated carbocycles. The van der Waals surface area contributed by atoms with E-state index in [1.54, 1.807) is 0 Å². The van der Waals surface area contributed by atoms with Crippen LogP contribution in [0.5, 0.6) is 0 Å². The average Bonchev–Trinajstić information content (AvgIpc) is 3.40. The normalized spacial score (nSPS) is 21.6. The largest absolute Gasteiger partial charge is 0.378 e. The molecule has 0 bridgehead atoms. The number of hydrogen-bond acceptors (Lipinski definition) is 5. The lowest BCUT2D eigenvalue weighted by molar-refractivity contribution is -0.0846. The summed E-state index contributed by atoms with van der Waals surface area (Å²) in [5, 5.41) is 11.7. The molecule has 0 atom stereocenters. The number of nitrogens with zero attached hydrogens (tertiary/aromatic N) is 3. The second-order valence-electron chi connectivity index (χ2n) is 11.3. The Morgan fingerprint density at radius 1 is 0.949 bits per heavy atom. The standard InChI is InChI=1S/C30H37F2N5O2/c31-30(32)12-14-37(15-13-30)29(10-2-1-3-11-29)21-33-28(38)23-6-9-26-25(20-23)27(35-34-26)22-4-7-24(8-5-22)36-16-18-39-19-17-36/h4-9,20H,1-3,10-19,21H2,(H,33,38)(H,34,35). The van der Waals surface area contributed by atoms with Crippen LogP contribution in [0.4, 0.5) is 14.5 Å². The first-order chi connectivity index (χ1) is 18.9. The van der Waals surface area contributed by atoms with Crippen LogP contribution in [-0.4, -0.2) is 78.4 Å². The van der Waals surface area contributed by atoms with Crippen LogP contribution in [-0.2, 0) is 4.74 Å². The van der Waals surface area contributed by atoms with Crippen molar-refractivity contribution in [3.8, 4) is 11.3 Å². The molecule has 7 nitrogen and oxygen atoms in total. The number of carbonyl (C=O) groups excluding carboxylic acids is 1. The number of ether oxygens (including phenoxy) is 1. The molecule has 0 spiro atoms. The van der Waals surface area contributed by atoms with E-state index in [9.17, 15) is 13.6 Å². The van der Waals surface area contributed by atoms with Gasteiger partial charge in [-0.05, 0) is 43.2 Å². The van der Waals surface area contributed by atoms with E-state index in [4.69, 9.17) is 4.74 Å². The van der Waals surface area contributed by atoms with Crippen molar-refractivity contribution in [1.82, 2.24) is 20.4 Å². The van der Waals surface area contributed by atoms with Crippen molar-refractivity contribution in [1.29, 1.82) is 0 Å². The Morgan fingerprint density at radius 2 is 1.67 bits per heavy atom. The van der Waals surface area contributed by atoms with Gasteiger partial charge in [0.2, 0.25) is 0 Å². The zero-order valence-corrected chi connectivity index (χ0v) is 22.4. The van der Waals surface area contributed by atoms with Gasteiger partial charge in [0.05, 0.1) is 24.4 Å². The predicted molar refractivity (Wildman–Crippen MR) is 148 cm³/mol. The highest BCUT2D eigenvalue weighted by Gasteiger charge is 2.43. The van der Waals surface area contributed by atoms with Crippen LogP contribution in [0.1, 0.15) is 55.3 Å². The first-order valence-electron chi connectivity index (χ1n) is 14.2. The number of carbonyl (C=O) groups is 1. The minimum Gasteiger partial charge on any atom is -0.378 e. The minimum absolute atomic E-state index is 0.101. The van der Waals surface area contributed by atoms with Gasteiger partial charge in [0.15, 0.2) is 0 Å². The van der Waals surface area contributed by atoms with E-state index < -0.39 is 5.92 Å². The summed E-state index contributed by atoms with van der Waals surface area (Å²) < 4.78 is 33.2. The second kappa shape index (κ2) is 10.8. The van der Waals surface area contributed by atoms with Gasteiger partial charge in [0, 0.05) is 73.3 Å². The van der Waals surface area contributed by atoms with Gasteiger partial charge in [-0.25, -0.2) is 8.78 Å². The smallest absolute Gasteiger partial charge is 0.251 e. The molecule has 3 heterocycles. The summed E-state index contributed by atoms with van der Waals surface area (Å²) in [5.74, 6) is -2.71. The van der Waals surface area contributed by atoms with Crippen LogP contribution in [0, 0.1) is 0 Å². The number of alkyl halides is 2. The summed E-state index contributed by atoms with van der Waals surface area (Å²) in [5.41, 5.74) is 4.17. The fourth-order valence-corrected chi connectivity index (χ4v) is 6.50. The van der Waals surface area contributed by atoms with Crippen LogP contribution < -0.4 is 10.2 Å². The van der Waals surface area contributed by atoms with E-state index in [1.807, 2.05) is 18.2 Å². The first kappa shape index (κ1) is 26.2. The zero-order chi connectivity index (χ0) is 26.9. The third kappa shape index (κ3) is 5.52. The summed E-state index contributed by atoms with van der Waals surface area (Å²) in [7, 11) is 0. The number of halogens is 2. The fraction of sp³-hybridized carbons (Fsp3) is 0.533. The molecule has 1 aromatic heterocycles. The molecular weight excluding hydrogens is 500 g/mol. The molecule has 3 aliphatic rings. The SMILES string of the molecule is O=C(NCC1(N2CCC(F)(F)CC2)CCCCC1)c1ccc2[nH]nc(-c3ccc(N4CCOCC4)cc3)c2c1. The summed E-state index contributed by atoms with van der Waals surface area (Å²) in [4.78, 5) is 17.9. The van der Waals surface area contributed by atoms with Crippen molar-refractivity contribution in [2.75, 3.05) is 50.8 Å². The number of benzene rings is 2. The van der Waals surface area contributed by atoms with E-state index in [2.05, 4.69) is 49.6 Å². The van der Waals surface area contributed by atoms with E-state index in [1.165, 1.54) is 0 Å². The molecule has 0 unspecified atom stereocenters. The van der Waals surface area contributed by atoms with Crippen molar-refractivity contribution in [3.05, 3.63) is 48.0 Å². The molecule has 39 heavy (non-hydrogen) atoms. The summed E-state index contributed by atoms with van der Waals surface area (Å²) >= 11 is 0. The van der Waals surface area contributed by atoms with Gasteiger partial charge in [0.25, 0.3) is 11.8 Å². The van der Waals surface area contributed by atoms with Gasteiger partial charge in [-0.3, -0.25) is 14.8 Å². The van der Waals surface area contributed by atoms with Crippen molar-refractivity contribution in [2.24, 2.45) is 0 Å². The van der Waals surface area contributed by atoms with Crippen LogP contribution >= 0.6 is 0 Å². The van der Waals surface area contributed by atoms with Crippen molar-refractivity contribution in [2.45, 2.75) is 56.4 Å². The number of likely N-dealkylation sites (tertiary alicyclic amines) is 1. The average molecular weight is 538 g/mol. The molecule has 3 aromatic rings. The summed E-state index contributed by atoms with van der Waals surface area (Å²) in [6.07, 6.45) is 4.96.